The van der Waals surface area contributed by atoms with Gasteiger partial charge in [-0.2, -0.15) is 4.98 Å². The second-order valence-electron chi connectivity index (χ2n) is 12.0. The molecule has 0 radical (unpaired) electrons. The van der Waals surface area contributed by atoms with Gasteiger partial charge in [0.1, 0.15) is 6.73 Å². The summed E-state index contributed by atoms with van der Waals surface area (Å²) in [4.78, 5) is 11.0. The molecule has 1 aliphatic rings. The first-order valence-electron chi connectivity index (χ1n) is 14.9. The minimum atomic E-state index is -3.70. The summed E-state index contributed by atoms with van der Waals surface area (Å²) in [5.74, 6) is 0.767. The molecule has 0 spiro atoms. The van der Waals surface area contributed by atoms with Gasteiger partial charge in [0.25, 0.3) is 0 Å². The minimum Gasteiger partial charge on any atom is -0.481 e. The highest BCUT2D eigenvalue weighted by Crippen LogP contribution is 2.39. The van der Waals surface area contributed by atoms with Crippen molar-refractivity contribution < 1.29 is 17.9 Å². The summed E-state index contributed by atoms with van der Waals surface area (Å²) >= 11 is 0. The summed E-state index contributed by atoms with van der Waals surface area (Å²) in [6.07, 6.45) is 5.23. The van der Waals surface area contributed by atoms with E-state index in [9.17, 15) is 8.42 Å². The van der Waals surface area contributed by atoms with Gasteiger partial charge in [0.15, 0.2) is 0 Å². The van der Waals surface area contributed by atoms with Crippen LogP contribution in [0.4, 0.5) is 11.6 Å². The maximum atomic E-state index is 13.6. The molecule has 0 saturated heterocycles. The third kappa shape index (κ3) is 8.18. The van der Waals surface area contributed by atoms with Gasteiger partial charge in [-0.1, -0.05) is 45.6 Å². The van der Waals surface area contributed by atoms with Crippen molar-refractivity contribution in [3.8, 4) is 17.0 Å². The molecule has 1 N–H and O–H groups in total. The molecule has 0 unspecified atom stereocenters. The van der Waals surface area contributed by atoms with Crippen LogP contribution < -0.4 is 10.1 Å². The molecular weight excluding hydrogens is 569 g/mol. The lowest BCUT2D eigenvalue weighted by molar-refractivity contribution is 0.0715. The molecular formula is C30H46N6O4SSi. The van der Waals surface area contributed by atoms with Crippen LogP contribution >= 0.6 is 0 Å². The van der Waals surface area contributed by atoms with E-state index in [1.807, 2.05) is 12.1 Å². The molecule has 12 heteroatoms. The number of anilines is 2. The molecule has 42 heavy (non-hydrogen) atoms. The molecule has 4 rings (SSSR count). The van der Waals surface area contributed by atoms with Gasteiger partial charge < -0.3 is 19.7 Å². The van der Waals surface area contributed by atoms with Crippen LogP contribution in [0.3, 0.4) is 0 Å². The molecule has 1 aromatic carbocycles. The molecule has 3 aromatic rings. The Kier molecular flexibility index (Phi) is 10.8. The maximum Gasteiger partial charge on any atom is 0.249 e. The van der Waals surface area contributed by atoms with Crippen LogP contribution in [-0.2, 0) is 34.1 Å². The highest BCUT2D eigenvalue weighted by atomic mass is 32.2. The largest absolute Gasteiger partial charge is 0.481 e. The zero-order valence-corrected chi connectivity index (χ0v) is 27.8. The third-order valence-corrected chi connectivity index (χ3v) is 11.1. The van der Waals surface area contributed by atoms with E-state index in [1.54, 1.807) is 13.3 Å². The topological polar surface area (TPSA) is 111 Å². The Morgan fingerprint density at radius 3 is 2.62 bits per heavy atom. The highest BCUT2D eigenvalue weighted by Gasteiger charge is 2.26. The number of benzene rings is 1. The third-order valence-electron chi connectivity index (χ3n) is 7.68. The number of ether oxygens (including phenoxy) is 2. The van der Waals surface area contributed by atoms with Crippen molar-refractivity contribution in [3.63, 3.8) is 0 Å². The van der Waals surface area contributed by atoms with Gasteiger partial charge in [0.05, 0.1) is 18.6 Å². The quantitative estimate of drug-likeness (QED) is 0.167. The summed E-state index contributed by atoms with van der Waals surface area (Å²) in [5, 5.41) is 7.99. The summed E-state index contributed by atoms with van der Waals surface area (Å²) in [6.45, 7) is 14.1. The number of rotatable bonds is 16. The fourth-order valence-corrected chi connectivity index (χ4v) is 7.27. The van der Waals surface area contributed by atoms with Crippen LogP contribution in [0.25, 0.3) is 11.1 Å². The number of nitrogens with one attached hydrogen (secondary N) is 1. The van der Waals surface area contributed by atoms with Crippen molar-refractivity contribution in [2.45, 2.75) is 77.1 Å². The predicted molar refractivity (Wildman–Crippen MR) is 170 cm³/mol. The summed E-state index contributed by atoms with van der Waals surface area (Å²) in [5.41, 5.74) is 5.27. The van der Waals surface area contributed by atoms with Crippen molar-refractivity contribution in [1.29, 1.82) is 0 Å². The number of aryl methyl sites for hydroxylation is 1. The van der Waals surface area contributed by atoms with E-state index in [0.717, 1.165) is 55.2 Å². The minimum absolute atomic E-state index is 0.000662. The molecule has 1 aliphatic carbocycles. The smallest absolute Gasteiger partial charge is 0.249 e. The van der Waals surface area contributed by atoms with Crippen LogP contribution in [0, 0.1) is 0 Å². The molecule has 0 amide bonds. The number of nitrogens with zero attached hydrogens (tertiary/aromatic N) is 5. The SMILES string of the molecule is CCN(CC)CCCS(=O)(=O)c1nc(Nc2c(-c3ccnc(OC)c3)ccc3c2CCC3)nn1COCC[Si](C)(C)C. The Morgan fingerprint density at radius 2 is 1.90 bits per heavy atom. The van der Waals surface area contributed by atoms with Gasteiger partial charge in [-0.25, -0.2) is 18.1 Å². The average molecular weight is 615 g/mol. The summed E-state index contributed by atoms with van der Waals surface area (Å²) < 4.78 is 39.9. The molecule has 0 aliphatic heterocycles. The maximum absolute atomic E-state index is 13.6. The Labute approximate surface area is 251 Å². The number of methoxy groups -OCH3 is 1. The first-order valence-corrected chi connectivity index (χ1v) is 20.3. The summed E-state index contributed by atoms with van der Waals surface area (Å²) in [7, 11) is -3.40. The second-order valence-corrected chi connectivity index (χ2v) is 19.6. The van der Waals surface area contributed by atoms with Crippen molar-refractivity contribution >= 4 is 29.5 Å². The lowest BCUT2D eigenvalue weighted by Crippen LogP contribution is -2.26. The number of aromatic nitrogens is 4. The molecule has 0 fully saturated rings. The Balaban J connectivity index is 1.66. The number of pyridine rings is 1. The van der Waals surface area contributed by atoms with Gasteiger partial charge in [0.2, 0.25) is 26.8 Å². The zero-order valence-electron chi connectivity index (χ0n) is 25.9. The van der Waals surface area contributed by atoms with Gasteiger partial charge in [-0.05, 0) is 74.1 Å². The first-order chi connectivity index (χ1) is 20.0. The zero-order chi connectivity index (χ0) is 30.3. The molecule has 0 saturated carbocycles. The van der Waals surface area contributed by atoms with Crippen LogP contribution in [0.5, 0.6) is 5.88 Å². The van der Waals surface area contributed by atoms with Crippen molar-refractivity contribution in [1.82, 2.24) is 24.6 Å². The molecule has 0 atom stereocenters. The van der Waals surface area contributed by atoms with Crippen molar-refractivity contribution in [2.75, 3.05) is 44.4 Å². The van der Waals surface area contributed by atoms with Gasteiger partial charge in [0, 0.05) is 32.5 Å². The summed E-state index contributed by atoms with van der Waals surface area (Å²) in [6, 6.07) is 9.07. The Bertz CT molecular complexity index is 1450. The lowest BCUT2D eigenvalue weighted by Gasteiger charge is -2.17. The van der Waals surface area contributed by atoms with Gasteiger partial charge in [-0.15, -0.1) is 5.10 Å². The fourth-order valence-electron chi connectivity index (χ4n) is 5.18. The predicted octanol–water partition coefficient (Wildman–Crippen LogP) is 5.40. The van der Waals surface area contributed by atoms with Crippen molar-refractivity contribution in [3.05, 3.63) is 41.6 Å². The molecule has 230 valence electrons. The van der Waals surface area contributed by atoms with Crippen molar-refractivity contribution in [2.24, 2.45) is 0 Å². The van der Waals surface area contributed by atoms with Crippen LogP contribution in [0.2, 0.25) is 25.7 Å². The van der Waals surface area contributed by atoms with Crippen LogP contribution in [0.1, 0.15) is 37.8 Å². The fraction of sp³-hybridized carbons (Fsp3) is 0.567. The standard InChI is InChI=1S/C30H46N6O4SSi/c1-7-35(8-2)17-10-19-41(37,38)30-33-29(34-36(30)22-40-18-20-42(4,5)6)32-28-25-12-9-11-23(25)13-14-26(28)24-15-16-31-27(21-24)39-3/h13-16,21H,7-12,17-20,22H2,1-6H3,(H,32,34). The van der Waals surface area contributed by atoms with Crippen LogP contribution in [-0.4, -0.2) is 80.2 Å². The Hall–Kier alpha value is -2.80. The van der Waals surface area contributed by atoms with Gasteiger partial charge in [-0.3, -0.25) is 0 Å². The normalized spacial score (nSPS) is 13.5. The van der Waals surface area contributed by atoms with E-state index in [1.165, 1.54) is 15.8 Å². The average Bonchev–Trinajstić information content (AvgIpc) is 3.61. The molecule has 10 nitrogen and oxygen atoms in total. The molecule has 0 bridgehead atoms. The van der Waals surface area contributed by atoms with Crippen LogP contribution in [0.15, 0.2) is 35.6 Å². The number of hydrogen-bond acceptors (Lipinski definition) is 9. The van der Waals surface area contributed by atoms with E-state index in [2.05, 4.69) is 70.9 Å². The highest BCUT2D eigenvalue weighted by molar-refractivity contribution is 7.91. The van der Waals surface area contributed by atoms with E-state index >= 15 is 0 Å². The van der Waals surface area contributed by atoms with E-state index in [4.69, 9.17) is 9.47 Å². The molecule has 2 aromatic heterocycles. The lowest BCUT2D eigenvalue weighted by atomic mass is 9.98. The first kappa shape index (κ1) is 32.1. The Morgan fingerprint density at radius 1 is 1.12 bits per heavy atom. The number of fused-ring (bicyclic) bond motifs is 1. The second kappa shape index (κ2) is 14.1. The van der Waals surface area contributed by atoms with E-state index < -0.39 is 17.9 Å². The monoisotopic (exact) mass is 614 g/mol. The number of sulfone groups is 1. The number of hydrogen-bond donors (Lipinski definition) is 1. The van der Waals surface area contributed by atoms with E-state index in [0.29, 0.717) is 25.5 Å². The van der Waals surface area contributed by atoms with E-state index in [-0.39, 0.29) is 23.6 Å². The molecule has 2 heterocycles. The van der Waals surface area contributed by atoms with Gasteiger partial charge >= 0.3 is 0 Å².